The van der Waals surface area contributed by atoms with E-state index >= 15 is 0 Å². The summed E-state index contributed by atoms with van der Waals surface area (Å²) in [4.78, 5) is 50.3. The van der Waals surface area contributed by atoms with Gasteiger partial charge < -0.3 is 10.1 Å². The first-order valence-electron chi connectivity index (χ1n) is 9.28. The number of rotatable bonds is 5. The Morgan fingerprint density at radius 3 is 2.22 bits per heavy atom. The third kappa shape index (κ3) is 4.02. The monoisotopic (exact) mass is 372 g/mol. The Morgan fingerprint density at radius 2 is 1.67 bits per heavy atom. The van der Waals surface area contributed by atoms with E-state index in [9.17, 15) is 19.2 Å². The van der Waals surface area contributed by atoms with Gasteiger partial charge in [-0.15, -0.1) is 0 Å². The summed E-state index contributed by atoms with van der Waals surface area (Å²) in [5.41, 5.74) is 1.66. The fourth-order valence-electron chi connectivity index (χ4n) is 3.77. The molecule has 1 N–H and O–H groups in total. The standard InChI is InChI=1S/C20H24N2O5/c1-12-7-9-14(10-8-12)21-17(23)11-27-20(26)13(2)22-18(24)15-5-3-4-6-16(15)19(22)25/h7-10,13,15-16H,3-6,11H2,1-2H3,(H,21,23)/t13-,15-,16+/m0/s1. The molecule has 1 heterocycles. The zero-order chi connectivity index (χ0) is 19.6. The van der Waals surface area contributed by atoms with Crippen molar-refractivity contribution in [2.45, 2.75) is 45.6 Å². The van der Waals surface area contributed by atoms with Gasteiger partial charge in [-0.3, -0.25) is 19.3 Å². The molecule has 7 nitrogen and oxygen atoms in total. The molecule has 0 radical (unpaired) electrons. The van der Waals surface area contributed by atoms with Crippen molar-refractivity contribution in [1.29, 1.82) is 0 Å². The van der Waals surface area contributed by atoms with Crippen LogP contribution in [0.4, 0.5) is 5.69 Å². The second-order valence-corrected chi connectivity index (χ2v) is 7.24. The molecule has 2 aliphatic rings. The number of benzene rings is 1. The number of carbonyl (C=O) groups excluding carboxylic acids is 4. The molecule has 7 heteroatoms. The lowest BCUT2D eigenvalue weighted by molar-refractivity contribution is -0.159. The Bertz CT molecular complexity index is 734. The van der Waals surface area contributed by atoms with E-state index in [1.807, 2.05) is 19.1 Å². The summed E-state index contributed by atoms with van der Waals surface area (Å²) in [6.07, 6.45) is 3.22. The van der Waals surface area contributed by atoms with Crippen molar-refractivity contribution >= 4 is 29.4 Å². The minimum absolute atomic E-state index is 0.293. The van der Waals surface area contributed by atoms with E-state index in [4.69, 9.17) is 4.74 Å². The number of likely N-dealkylation sites (tertiary alicyclic amines) is 1. The van der Waals surface area contributed by atoms with Gasteiger partial charge in [0.15, 0.2) is 6.61 Å². The number of anilines is 1. The lowest BCUT2D eigenvalue weighted by atomic mass is 9.81. The molecule has 0 aromatic heterocycles. The van der Waals surface area contributed by atoms with Gasteiger partial charge in [0.1, 0.15) is 6.04 Å². The van der Waals surface area contributed by atoms with Crippen LogP contribution in [0, 0.1) is 18.8 Å². The van der Waals surface area contributed by atoms with Gasteiger partial charge in [0.2, 0.25) is 11.8 Å². The van der Waals surface area contributed by atoms with E-state index in [1.165, 1.54) is 6.92 Å². The van der Waals surface area contributed by atoms with Crippen LogP contribution in [0.5, 0.6) is 0 Å². The first kappa shape index (κ1) is 19.1. The summed E-state index contributed by atoms with van der Waals surface area (Å²) in [5, 5.41) is 2.63. The molecule has 2 fully saturated rings. The molecule has 27 heavy (non-hydrogen) atoms. The molecular weight excluding hydrogens is 348 g/mol. The van der Waals surface area contributed by atoms with Crippen LogP contribution >= 0.6 is 0 Å². The maximum absolute atomic E-state index is 12.5. The molecule has 144 valence electrons. The predicted octanol–water partition coefficient (Wildman–Crippen LogP) is 2.04. The van der Waals surface area contributed by atoms with Gasteiger partial charge in [-0.25, -0.2) is 4.79 Å². The number of nitrogens with one attached hydrogen (secondary N) is 1. The lowest BCUT2D eigenvalue weighted by Crippen LogP contribution is -2.45. The second kappa shape index (κ2) is 7.90. The van der Waals surface area contributed by atoms with Gasteiger partial charge in [0.05, 0.1) is 11.8 Å². The Hall–Kier alpha value is -2.70. The van der Waals surface area contributed by atoms with Crippen molar-refractivity contribution in [3.63, 3.8) is 0 Å². The number of aryl methyl sites for hydroxylation is 1. The van der Waals surface area contributed by atoms with E-state index in [2.05, 4.69) is 5.32 Å². The molecule has 0 unspecified atom stereocenters. The number of fused-ring (bicyclic) bond motifs is 1. The maximum Gasteiger partial charge on any atom is 0.329 e. The number of ether oxygens (including phenoxy) is 1. The molecule has 1 saturated carbocycles. The second-order valence-electron chi connectivity index (χ2n) is 7.24. The van der Waals surface area contributed by atoms with Crippen LogP contribution < -0.4 is 5.32 Å². The van der Waals surface area contributed by atoms with Crippen LogP contribution in [0.1, 0.15) is 38.2 Å². The van der Waals surface area contributed by atoms with Crippen LogP contribution in [-0.4, -0.2) is 41.2 Å². The molecular formula is C20H24N2O5. The van der Waals surface area contributed by atoms with Crippen molar-refractivity contribution in [1.82, 2.24) is 4.90 Å². The molecule has 0 spiro atoms. The van der Waals surface area contributed by atoms with Crippen LogP contribution in [-0.2, 0) is 23.9 Å². The van der Waals surface area contributed by atoms with Gasteiger partial charge in [0.25, 0.3) is 5.91 Å². The molecule has 3 atom stereocenters. The molecule has 3 amide bonds. The number of carbonyl (C=O) groups is 4. The molecule has 1 saturated heterocycles. The van der Waals surface area contributed by atoms with Gasteiger partial charge in [0, 0.05) is 5.69 Å². The fourth-order valence-corrected chi connectivity index (χ4v) is 3.77. The first-order chi connectivity index (χ1) is 12.9. The van der Waals surface area contributed by atoms with Crippen molar-refractivity contribution < 1.29 is 23.9 Å². The number of amides is 3. The van der Waals surface area contributed by atoms with Gasteiger partial charge in [-0.2, -0.15) is 0 Å². The summed E-state index contributed by atoms with van der Waals surface area (Å²) in [6, 6.07) is 6.19. The minimum atomic E-state index is -1.03. The average molecular weight is 372 g/mol. The normalized spacial score (nSPS) is 23.0. The Balaban J connectivity index is 1.54. The summed E-state index contributed by atoms with van der Waals surface area (Å²) in [5.74, 6) is -2.45. The summed E-state index contributed by atoms with van der Waals surface area (Å²) in [6.45, 7) is 2.93. The quantitative estimate of drug-likeness (QED) is 0.631. The average Bonchev–Trinajstić information content (AvgIpc) is 2.92. The number of hydrogen-bond donors (Lipinski definition) is 1. The van der Waals surface area contributed by atoms with Crippen molar-refractivity contribution in [3.8, 4) is 0 Å². The molecule has 1 aromatic carbocycles. The predicted molar refractivity (Wildman–Crippen MR) is 97.5 cm³/mol. The van der Waals surface area contributed by atoms with Crippen LogP contribution in [0.25, 0.3) is 0 Å². The van der Waals surface area contributed by atoms with Gasteiger partial charge in [-0.1, -0.05) is 30.5 Å². The van der Waals surface area contributed by atoms with E-state index in [1.54, 1.807) is 12.1 Å². The molecule has 1 aliphatic heterocycles. The van der Waals surface area contributed by atoms with Crippen LogP contribution in [0.3, 0.4) is 0 Å². The fraction of sp³-hybridized carbons (Fsp3) is 0.500. The van der Waals surface area contributed by atoms with Crippen LogP contribution in [0.15, 0.2) is 24.3 Å². The molecule has 0 bridgehead atoms. The SMILES string of the molecule is Cc1ccc(NC(=O)COC(=O)[C@H](C)N2C(=O)[C@H]3CCCC[C@H]3C2=O)cc1. The van der Waals surface area contributed by atoms with E-state index in [-0.39, 0.29) is 23.7 Å². The number of hydrogen-bond acceptors (Lipinski definition) is 5. The van der Waals surface area contributed by atoms with E-state index < -0.39 is 24.5 Å². The highest BCUT2D eigenvalue weighted by Gasteiger charge is 2.51. The molecule has 3 rings (SSSR count). The maximum atomic E-state index is 12.5. The van der Waals surface area contributed by atoms with Gasteiger partial charge >= 0.3 is 5.97 Å². The minimum Gasteiger partial charge on any atom is -0.454 e. The highest BCUT2D eigenvalue weighted by molar-refractivity contribution is 6.08. The third-order valence-corrected chi connectivity index (χ3v) is 5.28. The van der Waals surface area contributed by atoms with Gasteiger partial charge in [-0.05, 0) is 38.8 Å². The Morgan fingerprint density at radius 1 is 1.11 bits per heavy atom. The molecule has 1 aromatic rings. The zero-order valence-corrected chi connectivity index (χ0v) is 15.6. The van der Waals surface area contributed by atoms with Crippen LogP contribution in [0.2, 0.25) is 0 Å². The third-order valence-electron chi connectivity index (χ3n) is 5.28. The zero-order valence-electron chi connectivity index (χ0n) is 15.6. The summed E-state index contributed by atoms with van der Waals surface area (Å²) in [7, 11) is 0. The number of nitrogens with zero attached hydrogens (tertiary/aromatic N) is 1. The topological polar surface area (TPSA) is 92.8 Å². The largest absolute Gasteiger partial charge is 0.454 e. The van der Waals surface area contributed by atoms with E-state index in [0.717, 1.165) is 23.3 Å². The summed E-state index contributed by atoms with van der Waals surface area (Å²) >= 11 is 0. The smallest absolute Gasteiger partial charge is 0.329 e. The number of imide groups is 1. The van der Waals surface area contributed by atoms with E-state index in [0.29, 0.717) is 18.5 Å². The highest BCUT2D eigenvalue weighted by atomic mass is 16.5. The lowest BCUT2D eigenvalue weighted by Gasteiger charge is -2.21. The first-order valence-corrected chi connectivity index (χ1v) is 9.28. The highest BCUT2D eigenvalue weighted by Crippen LogP contribution is 2.38. The number of esters is 1. The molecule has 1 aliphatic carbocycles. The van der Waals surface area contributed by atoms with Crippen molar-refractivity contribution in [2.24, 2.45) is 11.8 Å². The van der Waals surface area contributed by atoms with Crippen molar-refractivity contribution in [2.75, 3.05) is 11.9 Å². The summed E-state index contributed by atoms with van der Waals surface area (Å²) < 4.78 is 5.03. The Kier molecular flexibility index (Phi) is 5.58. The van der Waals surface area contributed by atoms with Crippen molar-refractivity contribution in [3.05, 3.63) is 29.8 Å². The Labute approximate surface area is 158 Å².